The smallest absolute Gasteiger partial charge is 0.174 e. The van der Waals surface area contributed by atoms with Crippen LogP contribution in [0.3, 0.4) is 0 Å². The third-order valence-electron chi connectivity index (χ3n) is 1.80. The van der Waals surface area contributed by atoms with Crippen molar-refractivity contribution < 1.29 is 9.59 Å². The lowest BCUT2D eigenvalue weighted by atomic mass is 10.0. The number of benzene rings is 1. The molecule has 3 nitrogen and oxygen atoms in total. The minimum atomic E-state index is -0.202. The van der Waals surface area contributed by atoms with E-state index in [1.54, 1.807) is 12.1 Å². The van der Waals surface area contributed by atoms with Gasteiger partial charge in [-0.05, 0) is 34.7 Å². The Bertz CT molecular complexity index is 465. The molecule has 0 fully saturated rings. The van der Waals surface area contributed by atoms with E-state index in [1.807, 2.05) is 28.7 Å². The summed E-state index contributed by atoms with van der Waals surface area (Å²) in [4.78, 5) is 22.3. The van der Waals surface area contributed by atoms with Crippen LogP contribution in [0.4, 0.5) is 0 Å². The number of ketones is 1. The third kappa shape index (κ3) is 2.63. The van der Waals surface area contributed by atoms with Crippen LogP contribution in [0.2, 0.25) is 0 Å². The van der Waals surface area contributed by atoms with Crippen molar-refractivity contribution in [3.05, 3.63) is 32.4 Å². The number of nitrogens with zero attached hydrogens (tertiary/aromatic N) is 1. The van der Waals surface area contributed by atoms with E-state index in [1.165, 1.54) is 0 Å². The molecule has 1 rings (SSSR count). The Hall–Kier alpha value is -0.740. The summed E-state index contributed by atoms with van der Waals surface area (Å²) in [7, 11) is 0. The van der Waals surface area contributed by atoms with E-state index >= 15 is 0 Å². The topological polar surface area (TPSA) is 57.9 Å². The van der Waals surface area contributed by atoms with Crippen LogP contribution in [0.5, 0.6) is 0 Å². The van der Waals surface area contributed by atoms with Gasteiger partial charge in [0.15, 0.2) is 12.1 Å². The molecule has 0 radical (unpaired) electrons. The van der Waals surface area contributed by atoms with Crippen molar-refractivity contribution in [3.63, 3.8) is 0 Å². The van der Waals surface area contributed by atoms with Gasteiger partial charge < -0.3 is 0 Å². The highest BCUT2D eigenvalue weighted by atomic mass is 127. The summed E-state index contributed by atoms with van der Waals surface area (Å²) in [5, 5.41) is 8.96. The van der Waals surface area contributed by atoms with Gasteiger partial charge in [0, 0.05) is 14.7 Å². The molecule has 0 atom stereocenters. The Morgan fingerprint density at radius 1 is 1.60 bits per heavy atom. The summed E-state index contributed by atoms with van der Waals surface area (Å²) in [6, 6.07) is 5.09. The van der Waals surface area contributed by atoms with Gasteiger partial charge in [-0.2, -0.15) is 5.26 Å². The van der Waals surface area contributed by atoms with Crippen molar-refractivity contribution >= 4 is 50.6 Å². The van der Waals surface area contributed by atoms with Crippen LogP contribution in [0.25, 0.3) is 0 Å². The highest BCUT2D eigenvalue weighted by molar-refractivity contribution is 14.1. The van der Waals surface area contributed by atoms with Crippen molar-refractivity contribution in [3.8, 4) is 6.07 Å². The minimum absolute atomic E-state index is 0.138. The number of carbonyl (C=O) groups excluding carboxylic acids is 2. The summed E-state index contributed by atoms with van der Waals surface area (Å²) in [6.45, 7) is 0. The zero-order valence-electron chi connectivity index (χ0n) is 7.46. The molecule has 0 aliphatic carbocycles. The molecule has 0 amide bonds. The molecule has 0 aliphatic rings. The first-order valence-electron chi connectivity index (χ1n) is 3.92. The number of alkyl halides is 1. The lowest BCUT2D eigenvalue weighted by molar-refractivity contribution is 0.101. The zero-order chi connectivity index (χ0) is 11.4. The molecule has 0 unspecified atom stereocenters. The molecule has 1 aromatic rings. The summed E-state index contributed by atoms with van der Waals surface area (Å²) in [6.07, 6.45) is 0.546. The second-order valence-electron chi connectivity index (χ2n) is 2.70. The Morgan fingerprint density at radius 3 is 2.73 bits per heavy atom. The maximum absolute atomic E-state index is 11.5. The number of rotatable bonds is 3. The molecule has 0 aromatic heterocycles. The molecule has 0 heterocycles. The predicted molar refractivity (Wildman–Crippen MR) is 67.4 cm³/mol. The molecular formula is C10H5BrINO2. The number of hydrogen-bond donors (Lipinski definition) is 0. The molecule has 0 spiro atoms. The number of carbonyl (C=O) groups is 2. The minimum Gasteiger partial charge on any atom is -0.298 e. The fourth-order valence-corrected chi connectivity index (χ4v) is 2.07. The standard InChI is InChI=1S/C10H5BrINO2/c11-3-10(15)8-2-7(12)1-6(4-13)9(8)5-14/h1-2,5H,3H2. The number of nitriles is 1. The molecule has 5 heteroatoms. The number of halogens is 2. The second kappa shape index (κ2) is 5.37. The highest BCUT2D eigenvalue weighted by Crippen LogP contribution is 2.18. The van der Waals surface area contributed by atoms with Crippen LogP contribution >= 0.6 is 38.5 Å². The van der Waals surface area contributed by atoms with Crippen LogP contribution in [0.15, 0.2) is 12.1 Å². The maximum Gasteiger partial charge on any atom is 0.174 e. The van der Waals surface area contributed by atoms with Gasteiger partial charge in [-0.15, -0.1) is 0 Å². The van der Waals surface area contributed by atoms with Gasteiger partial charge in [0.05, 0.1) is 17.0 Å². The first kappa shape index (κ1) is 12.3. The maximum atomic E-state index is 11.5. The molecule has 1 aromatic carbocycles. The molecule has 0 N–H and O–H groups in total. The van der Waals surface area contributed by atoms with Crippen molar-refractivity contribution in [1.29, 1.82) is 5.26 Å². The number of aldehydes is 1. The number of Topliss-reactive ketones (excluding diaryl/α,β-unsaturated/α-hetero) is 1. The molecule has 0 aliphatic heterocycles. The van der Waals surface area contributed by atoms with Gasteiger partial charge in [-0.3, -0.25) is 9.59 Å². The fraction of sp³-hybridized carbons (Fsp3) is 0.100. The van der Waals surface area contributed by atoms with Gasteiger partial charge >= 0.3 is 0 Å². The normalized spacial score (nSPS) is 9.40. The third-order valence-corrected chi connectivity index (χ3v) is 2.94. The van der Waals surface area contributed by atoms with E-state index in [9.17, 15) is 9.59 Å². The van der Waals surface area contributed by atoms with Gasteiger partial charge in [0.1, 0.15) is 0 Å². The van der Waals surface area contributed by atoms with E-state index in [2.05, 4.69) is 15.9 Å². The van der Waals surface area contributed by atoms with Crippen molar-refractivity contribution in [2.24, 2.45) is 0 Å². The Labute approximate surface area is 109 Å². The Morgan fingerprint density at radius 2 is 2.27 bits per heavy atom. The van der Waals surface area contributed by atoms with Crippen LogP contribution in [-0.2, 0) is 0 Å². The van der Waals surface area contributed by atoms with E-state index in [4.69, 9.17) is 5.26 Å². The summed E-state index contributed by atoms with van der Waals surface area (Å²) in [5.74, 6) is -0.202. The first-order chi connectivity index (χ1) is 7.13. The quantitative estimate of drug-likeness (QED) is 0.352. The molecule has 76 valence electrons. The monoisotopic (exact) mass is 377 g/mol. The lowest BCUT2D eigenvalue weighted by Crippen LogP contribution is -2.07. The van der Waals surface area contributed by atoms with Crippen LogP contribution in [0, 0.1) is 14.9 Å². The molecular weight excluding hydrogens is 373 g/mol. The molecule has 0 saturated carbocycles. The second-order valence-corrected chi connectivity index (χ2v) is 4.51. The van der Waals surface area contributed by atoms with E-state index in [0.717, 1.165) is 3.57 Å². The highest BCUT2D eigenvalue weighted by Gasteiger charge is 2.14. The predicted octanol–water partition coefficient (Wildman–Crippen LogP) is 2.55. The van der Waals surface area contributed by atoms with Crippen molar-refractivity contribution in [2.75, 3.05) is 5.33 Å². The van der Waals surface area contributed by atoms with Crippen molar-refractivity contribution in [2.45, 2.75) is 0 Å². The van der Waals surface area contributed by atoms with Gasteiger partial charge in [0.2, 0.25) is 0 Å². The van der Waals surface area contributed by atoms with Crippen LogP contribution in [-0.4, -0.2) is 17.4 Å². The van der Waals surface area contributed by atoms with Gasteiger partial charge in [-0.25, -0.2) is 0 Å². The summed E-state index contributed by atoms with van der Waals surface area (Å²) >= 11 is 5.04. The van der Waals surface area contributed by atoms with E-state index in [0.29, 0.717) is 11.8 Å². The zero-order valence-corrected chi connectivity index (χ0v) is 11.2. The van der Waals surface area contributed by atoms with Gasteiger partial charge in [-0.1, -0.05) is 15.9 Å². The Balaban J connectivity index is 3.50. The SMILES string of the molecule is N#Cc1cc(I)cc(C(=O)CBr)c1C=O. The molecule has 0 saturated heterocycles. The fourth-order valence-electron chi connectivity index (χ4n) is 1.14. The van der Waals surface area contributed by atoms with E-state index < -0.39 is 0 Å². The molecule has 0 bridgehead atoms. The average molecular weight is 378 g/mol. The van der Waals surface area contributed by atoms with Crippen molar-refractivity contribution in [1.82, 2.24) is 0 Å². The summed E-state index contributed by atoms with van der Waals surface area (Å²) in [5.41, 5.74) is 0.703. The average Bonchev–Trinajstić information content (AvgIpc) is 2.26. The largest absolute Gasteiger partial charge is 0.298 e. The van der Waals surface area contributed by atoms with Crippen LogP contribution in [0.1, 0.15) is 26.3 Å². The summed E-state index contributed by atoms with van der Waals surface area (Å²) < 4.78 is 0.763. The van der Waals surface area contributed by atoms with E-state index in [-0.39, 0.29) is 22.2 Å². The van der Waals surface area contributed by atoms with Gasteiger partial charge in [0.25, 0.3) is 0 Å². The van der Waals surface area contributed by atoms with Crippen LogP contribution < -0.4 is 0 Å². The first-order valence-corrected chi connectivity index (χ1v) is 6.12. The molecule has 15 heavy (non-hydrogen) atoms. The Kier molecular flexibility index (Phi) is 4.42. The lowest BCUT2D eigenvalue weighted by Gasteiger charge is -2.04. The number of hydrogen-bond acceptors (Lipinski definition) is 3.